The van der Waals surface area contributed by atoms with Gasteiger partial charge in [0.05, 0.1) is 25.2 Å². The van der Waals surface area contributed by atoms with E-state index in [1.165, 1.54) is 11.4 Å². The van der Waals surface area contributed by atoms with Gasteiger partial charge in [0.2, 0.25) is 15.9 Å². The minimum absolute atomic E-state index is 0.0876. The molecule has 0 saturated carbocycles. The number of para-hydroxylation sites is 2. The Kier molecular flexibility index (Phi) is 9.84. The molecule has 0 bridgehead atoms. The van der Waals surface area contributed by atoms with Crippen LogP contribution in [0.2, 0.25) is 0 Å². The Morgan fingerprint density at radius 1 is 1.09 bits per heavy atom. The molecule has 2 aromatic rings. The number of hydrogen-bond acceptors (Lipinski definition) is 5. The van der Waals surface area contributed by atoms with Gasteiger partial charge in [-0.3, -0.25) is 9.10 Å². The highest BCUT2D eigenvalue weighted by molar-refractivity contribution is 7.92. The summed E-state index contributed by atoms with van der Waals surface area (Å²) in [6.07, 6.45) is 3.59. The number of carbonyl (C=O) groups is 1. The van der Waals surface area contributed by atoms with Crippen molar-refractivity contribution in [2.45, 2.75) is 45.6 Å². The van der Waals surface area contributed by atoms with Crippen LogP contribution in [0.4, 0.5) is 5.69 Å². The maximum Gasteiger partial charge on any atom is 0.232 e. The number of methoxy groups -OCH3 is 1. The molecule has 8 heteroatoms. The molecule has 0 atom stereocenters. The predicted octanol–water partition coefficient (Wildman–Crippen LogP) is 3.78. The largest absolute Gasteiger partial charge is 0.495 e. The number of nitrogens with zero attached hydrogens (tertiary/aromatic N) is 1. The number of anilines is 1. The number of aryl methyl sites for hydroxylation is 1. The van der Waals surface area contributed by atoms with Crippen LogP contribution in [0.15, 0.2) is 48.5 Å². The summed E-state index contributed by atoms with van der Waals surface area (Å²) in [7, 11) is -2.00. The fourth-order valence-electron chi connectivity index (χ4n) is 3.34. The second-order valence-corrected chi connectivity index (χ2v) is 9.78. The summed E-state index contributed by atoms with van der Waals surface area (Å²) in [4.78, 5) is 12.2. The van der Waals surface area contributed by atoms with E-state index < -0.39 is 10.0 Å². The molecule has 1 amide bonds. The van der Waals surface area contributed by atoms with Crippen molar-refractivity contribution < 1.29 is 22.7 Å². The summed E-state index contributed by atoms with van der Waals surface area (Å²) in [5.74, 6) is 1.24. The van der Waals surface area contributed by atoms with E-state index in [-0.39, 0.29) is 25.0 Å². The fourth-order valence-corrected chi connectivity index (χ4v) is 4.31. The first-order chi connectivity index (χ1) is 15.2. The van der Waals surface area contributed by atoms with Gasteiger partial charge in [-0.05, 0) is 62.9 Å². The normalized spacial score (nSPS) is 11.3. The lowest BCUT2D eigenvalue weighted by molar-refractivity contribution is -0.121. The first-order valence-electron chi connectivity index (χ1n) is 10.8. The molecule has 0 aromatic heterocycles. The number of ether oxygens (including phenoxy) is 2. The van der Waals surface area contributed by atoms with Crippen LogP contribution >= 0.6 is 0 Å². The third kappa shape index (κ3) is 8.42. The van der Waals surface area contributed by atoms with Crippen molar-refractivity contribution >= 4 is 21.6 Å². The first kappa shape index (κ1) is 25.5. The number of carbonyl (C=O) groups excluding carboxylic acids is 1. The van der Waals surface area contributed by atoms with Crippen molar-refractivity contribution in [2.75, 3.05) is 30.8 Å². The van der Waals surface area contributed by atoms with Crippen LogP contribution in [0.3, 0.4) is 0 Å². The van der Waals surface area contributed by atoms with Gasteiger partial charge in [0.15, 0.2) is 0 Å². The van der Waals surface area contributed by atoms with Gasteiger partial charge < -0.3 is 14.8 Å². The standard InChI is InChI=1S/C24H34N2O5S/c1-19(2)31-21-12-7-10-20(18-21)11-8-16-25-24(27)15-9-17-26(32(4,28)29)22-13-5-6-14-23(22)30-3/h5-7,10,12-14,18-19H,8-9,11,15-17H2,1-4H3,(H,25,27). The Bertz CT molecular complexity index is 976. The molecule has 32 heavy (non-hydrogen) atoms. The number of rotatable bonds is 13. The number of sulfonamides is 1. The quantitative estimate of drug-likeness (QED) is 0.458. The molecule has 0 spiro atoms. The second-order valence-electron chi connectivity index (χ2n) is 7.88. The zero-order valence-corrected chi connectivity index (χ0v) is 20.2. The summed E-state index contributed by atoms with van der Waals surface area (Å²) >= 11 is 0. The summed E-state index contributed by atoms with van der Waals surface area (Å²) in [5.41, 5.74) is 1.64. The van der Waals surface area contributed by atoms with Crippen LogP contribution < -0.4 is 19.1 Å². The van der Waals surface area contributed by atoms with Gasteiger partial charge >= 0.3 is 0 Å². The van der Waals surface area contributed by atoms with Crippen molar-refractivity contribution in [1.29, 1.82) is 0 Å². The molecule has 0 fully saturated rings. The highest BCUT2D eigenvalue weighted by atomic mass is 32.2. The van der Waals surface area contributed by atoms with Crippen LogP contribution in [-0.4, -0.2) is 46.9 Å². The van der Waals surface area contributed by atoms with Gasteiger partial charge in [-0.2, -0.15) is 0 Å². The lowest BCUT2D eigenvalue weighted by atomic mass is 10.1. The Hall–Kier alpha value is -2.74. The molecule has 0 saturated heterocycles. The molecule has 176 valence electrons. The summed E-state index contributed by atoms with van der Waals surface area (Å²) < 4.78 is 36.8. The molecule has 0 aliphatic heterocycles. The number of nitrogens with one attached hydrogen (secondary N) is 1. The average molecular weight is 463 g/mol. The average Bonchev–Trinajstić information content (AvgIpc) is 2.73. The van der Waals surface area contributed by atoms with E-state index in [2.05, 4.69) is 5.32 Å². The van der Waals surface area contributed by atoms with Gasteiger partial charge in [0.1, 0.15) is 11.5 Å². The van der Waals surface area contributed by atoms with E-state index in [1.807, 2.05) is 38.1 Å². The highest BCUT2D eigenvalue weighted by Crippen LogP contribution is 2.29. The van der Waals surface area contributed by atoms with Crippen molar-refractivity contribution in [1.82, 2.24) is 5.32 Å². The van der Waals surface area contributed by atoms with Gasteiger partial charge in [-0.25, -0.2) is 8.42 Å². The molecule has 0 aliphatic carbocycles. The van der Waals surface area contributed by atoms with Crippen LogP contribution in [0.25, 0.3) is 0 Å². The topological polar surface area (TPSA) is 84.9 Å². The second kappa shape index (κ2) is 12.3. The Balaban J connectivity index is 1.77. The SMILES string of the molecule is COc1ccccc1N(CCCC(=O)NCCCc1cccc(OC(C)C)c1)S(C)(=O)=O. The van der Waals surface area contributed by atoms with Gasteiger partial charge in [-0.15, -0.1) is 0 Å². The molecule has 0 radical (unpaired) electrons. The third-order valence-electron chi connectivity index (χ3n) is 4.75. The van der Waals surface area contributed by atoms with E-state index in [4.69, 9.17) is 9.47 Å². The van der Waals surface area contributed by atoms with Crippen LogP contribution in [0.1, 0.15) is 38.7 Å². The molecular formula is C24H34N2O5S. The molecule has 0 unspecified atom stereocenters. The van der Waals surface area contributed by atoms with Crippen LogP contribution in [-0.2, 0) is 21.2 Å². The van der Waals surface area contributed by atoms with Gasteiger partial charge in [0, 0.05) is 19.5 Å². The zero-order chi connectivity index (χ0) is 23.6. The van der Waals surface area contributed by atoms with E-state index in [0.29, 0.717) is 24.4 Å². The summed E-state index contributed by atoms with van der Waals surface area (Å²) in [6, 6.07) is 14.9. The Labute approximate surface area is 191 Å². The van der Waals surface area contributed by atoms with E-state index >= 15 is 0 Å². The Morgan fingerprint density at radius 3 is 2.53 bits per heavy atom. The molecule has 0 heterocycles. The maximum atomic E-state index is 12.3. The molecule has 0 aliphatic rings. The van der Waals surface area contributed by atoms with E-state index in [1.54, 1.807) is 24.3 Å². The van der Waals surface area contributed by atoms with Gasteiger partial charge in [-0.1, -0.05) is 24.3 Å². The molecule has 7 nitrogen and oxygen atoms in total. The lowest BCUT2D eigenvalue weighted by Gasteiger charge is -2.24. The summed E-state index contributed by atoms with van der Waals surface area (Å²) in [6.45, 7) is 4.76. The fraction of sp³-hybridized carbons (Fsp3) is 0.458. The molecule has 2 aromatic carbocycles. The van der Waals surface area contributed by atoms with Crippen molar-refractivity contribution in [3.05, 3.63) is 54.1 Å². The zero-order valence-electron chi connectivity index (χ0n) is 19.3. The molecular weight excluding hydrogens is 428 g/mol. The highest BCUT2D eigenvalue weighted by Gasteiger charge is 2.20. The third-order valence-corrected chi connectivity index (χ3v) is 5.93. The predicted molar refractivity (Wildman–Crippen MR) is 128 cm³/mol. The molecule has 1 N–H and O–H groups in total. The molecule has 2 rings (SSSR count). The van der Waals surface area contributed by atoms with Gasteiger partial charge in [0.25, 0.3) is 0 Å². The minimum Gasteiger partial charge on any atom is -0.495 e. The van der Waals surface area contributed by atoms with Crippen molar-refractivity contribution in [3.63, 3.8) is 0 Å². The van der Waals surface area contributed by atoms with Crippen LogP contribution in [0.5, 0.6) is 11.5 Å². The lowest BCUT2D eigenvalue weighted by Crippen LogP contribution is -2.32. The maximum absolute atomic E-state index is 12.3. The number of hydrogen-bond donors (Lipinski definition) is 1. The van der Waals surface area contributed by atoms with E-state index in [9.17, 15) is 13.2 Å². The number of amides is 1. The smallest absolute Gasteiger partial charge is 0.232 e. The van der Waals surface area contributed by atoms with Crippen LogP contribution in [0, 0.1) is 0 Å². The Morgan fingerprint density at radius 2 is 1.84 bits per heavy atom. The minimum atomic E-state index is -3.50. The summed E-state index contributed by atoms with van der Waals surface area (Å²) in [5, 5.41) is 2.91. The monoisotopic (exact) mass is 462 g/mol. The first-order valence-corrected chi connectivity index (χ1v) is 12.7. The number of benzene rings is 2. The van der Waals surface area contributed by atoms with E-state index in [0.717, 1.165) is 30.4 Å². The van der Waals surface area contributed by atoms with Crippen molar-refractivity contribution in [2.24, 2.45) is 0 Å². The van der Waals surface area contributed by atoms with Crippen molar-refractivity contribution in [3.8, 4) is 11.5 Å².